The Bertz CT molecular complexity index is 1020. The highest BCUT2D eigenvalue weighted by molar-refractivity contribution is 5.96. The van der Waals surface area contributed by atoms with E-state index in [1.165, 1.54) is 5.56 Å². The Kier molecular flexibility index (Phi) is 6.12. The summed E-state index contributed by atoms with van der Waals surface area (Å²) in [5, 5.41) is 6.56. The molecule has 0 aliphatic heterocycles. The summed E-state index contributed by atoms with van der Waals surface area (Å²) in [5.41, 5.74) is 6.42. The molecule has 6 heteroatoms. The topological polar surface area (TPSA) is 76.1 Å². The lowest BCUT2D eigenvalue weighted by atomic mass is 10.1. The highest BCUT2D eigenvalue weighted by Crippen LogP contribution is 2.27. The fraction of sp³-hybridized carbons (Fsp3) is 0.261. The minimum Gasteiger partial charge on any atom is -0.462 e. The molecular formula is C23H26N4O2. The number of anilines is 4. The molecule has 0 bridgehead atoms. The molecule has 3 rings (SSSR count). The van der Waals surface area contributed by atoms with Crippen LogP contribution in [0, 0.1) is 27.7 Å². The van der Waals surface area contributed by atoms with Crippen LogP contribution >= 0.6 is 0 Å². The standard InChI is InChI=1S/C23H26N4O2/c1-6-29-22(28)18-9-7-8-10-19(18)25-23-24-17(5)13-20(27-23)26-21-15(3)11-14(2)12-16(21)4/h7-13H,6H2,1-5H3,(H2,24,25,26,27). The van der Waals surface area contributed by atoms with Crippen LogP contribution < -0.4 is 10.6 Å². The van der Waals surface area contributed by atoms with Crippen LogP contribution in [0.15, 0.2) is 42.5 Å². The van der Waals surface area contributed by atoms with Crippen molar-refractivity contribution in [2.24, 2.45) is 0 Å². The summed E-state index contributed by atoms with van der Waals surface area (Å²) in [4.78, 5) is 21.3. The maximum Gasteiger partial charge on any atom is 0.340 e. The second-order valence-electron chi connectivity index (χ2n) is 7.01. The smallest absolute Gasteiger partial charge is 0.340 e. The largest absolute Gasteiger partial charge is 0.462 e. The zero-order valence-corrected chi connectivity index (χ0v) is 17.5. The number of aryl methyl sites for hydroxylation is 4. The van der Waals surface area contributed by atoms with E-state index in [9.17, 15) is 4.79 Å². The van der Waals surface area contributed by atoms with Crippen LogP contribution in [0.1, 0.15) is 39.7 Å². The molecule has 3 aromatic rings. The van der Waals surface area contributed by atoms with Crippen LogP contribution in [0.2, 0.25) is 0 Å². The second kappa shape index (κ2) is 8.73. The van der Waals surface area contributed by atoms with E-state index in [-0.39, 0.29) is 5.97 Å². The molecule has 0 fully saturated rings. The molecule has 0 unspecified atom stereocenters. The summed E-state index contributed by atoms with van der Waals surface area (Å²) in [7, 11) is 0. The minimum absolute atomic E-state index is 0.317. The number of para-hydroxylation sites is 1. The van der Waals surface area contributed by atoms with Crippen molar-refractivity contribution >= 4 is 29.1 Å². The third-order valence-corrected chi connectivity index (χ3v) is 4.45. The van der Waals surface area contributed by atoms with Crippen LogP contribution in [-0.4, -0.2) is 22.5 Å². The Labute approximate surface area is 171 Å². The van der Waals surface area contributed by atoms with Crippen molar-refractivity contribution in [2.45, 2.75) is 34.6 Å². The number of carbonyl (C=O) groups excluding carboxylic acids is 1. The minimum atomic E-state index is -0.382. The van der Waals surface area contributed by atoms with E-state index in [0.29, 0.717) is 29.6 Å². The van der Waals surface area contributed by atoms with Gasteiger partial charge in [-0.2, -0.15) is 4.98 Å². The van der Waals surface area contributed by atoms with Crippen LogP contribution in [0.25, 0.3) is 0 Å². The first kappa shape index (κ1) is 20.3. The molecule has 150 valence electrons. The summed E-state index contributed by atoms with van der Waals surface area (Å²) in [5.74, 6) is 0.711. The van der Waals surface area contributed by atoms with Gasteiger partial charge < -0.3 is 15.4 Å². The van der Waals surface area contributed by atoms with E-state index >= 15 is 0 Å². The van der Waals surface area contributed by atoms with Crippen LogP contribution in [-0.2, 0) is 4.74 Å². The molecule has 0 saturated carbocycles. The number of hydrogen-bond donors (Lipinski definition) is 2. The molecule has 0 radical (unpaired) electrons. The van der Waals surface area contributed by atoms with Crippen molar-refractivity contribution in [1.82, 2.24) is 9.97 Å². The van der Waals surface area contributed by atoms with Gasteiger partial charge in [0.25, 0.3) is 0 Å². The molecule has 0 atom stereocenters. The van der Waals surface area contributed by atoms with Gasteiger partial charge in [0.1, 0.15) is 5.82 Å². The number of benzene rings is 2. The number of rotatable bonds is 6. The predicted molar refractivity (Wildman–Crippen MR) is 116 cm³/mol. The second-order valence-corrected chi connectivity index (χ2v) is 7.01. The maximum absolute atomic E-state index is 12.2. The van der Waals surface area contributed by atoms with Crippen molar-refractivity contribution in [2.75, 3.05) is 17.2 Å². The summed E-state index contributed by atoms with van der Waals surface area (Å²) in [6.45, 7) is 10.2. The van der Waals surface area contributed by atoms with Gasteiger partial charge in [-0.05, 0) is 57.9 Å². The molecule has 29 heavy (non-hydrogen) atoms. The van der Waals surface area contributed by atoms with Crippen LogP contribution in [0.3, 0.4) is 0 Å². The van der Waals surface area contributed by atoms with Gasteiger partial charge in [-0.1, -0.05) is 29.8 Å². The predicted octanol–water partition coefficient (Wildman–Crippen LogP) is 5.37. The molecule has 0 aliphatic rings. The Balaban J connectivity index is 1.91. The third kappa shape index (κ3) is 4.90. The molecule has 1 aromatic heterocycles. The summed E-state index contributed by atoms with van der Waals surface area (Å²) < 4.78 is 5.14. The molecule has 6 nitrogen and oxygen atoms in total. The summed E-state index contributed by atoms with van der Waals surface area (Å²) in [6, 6.07) is 13.3. The van der Waals surface area contributed by atoms with Gasteiger partial charge in [0.05, 0.1) is 17.9 Å². The molecular weight excluding hydrogens is 364 g/mol. The number of hydrogen-bond acceptors (Lipinski definition) is 6. The maximum atomic E-state index is 12.2. The quantitative estimate of drug-likeness (QED) is 0.551. The van der Waals surface area contributed by atoms with E-state index in [1.54, 1.807) is 25.1 Å². The number of aromatic nitrogens is 2. The zero-order valence-electron chi connectivity index (χ0n) is 17.5. The summed E-state index contributed by atoms with van der Waals surface area (Å²) >= 11 is 0. The molecule has 0 aliphatic carbocycles. The summed E-state index contributed by atoms with van der Waals surface area (Å²) in [6.07, 6.45) is 0. The van der Waals surface area contributed by atoms with Gasteiger partial charge >= 0.3 is 5.97 Å². The monoisotopic (exact) mass is 390 g/mol. The van der Waals surface area contributed by atoms with Gasteiger partial charge in [-0.25, -0.2) is 9.78 Å². The Morgan fingerprint density at radius 3 is 2.34 bits per heavy atom. The first-order valence-electron chi connectivity index (χ1n) is 9.61. The van der Waals surface area contributed by atoms with Crippen molar-refractivity contribution in [1.29, 1.82) is 0 Å². The first-order chi connectivity index (χ1) is 13.9. The lowest BCUT2D eigenvalue weighted by Crippen LogP contribution is -2.09. The average Bonchev–Trinajstić information content (AvgIpc) is 2.65. The molecule has 0 saturated heterocycles. The molecule has 2 aromatic carbocycles. The van der Waals surface area contributed by atoms with Crippen molar-refractivity contribution in [3.63, 3.8) is 0 Å². The molecule has 1 heterocycles. The number of nitrogens with one attached hydrogen (secondary N) is 2. The zero-order chi connectivity index (χ0) is 21.0. The van der Waals surface area contributed by atoms with Crippen molar-refractivity contribution < 1.29 is 9.53 Å². The lowest BCUT2D eigenvalue weighted by molar-refractivity contribution is 0.0527. The number of nitrogens with zero attached hydrogens (tertiary/aromatic N) is 2. The van der Waals surface area contributed by atoms with E-state index in [1.807, 2.05) is 19.1 Å². The molecule has 2 N–H and O–H groups in total. The van der Waals surface area contributed by atoms with Crippen molar-refractivity contribution in [3.05, 3.63) is 70.4 Å². The van der Waals surface area contributed by atoms with Gasteiger partial charge in [-0.15, -0.1) is 0 Å². The Hall–Kier alpha value is -3.41. The normalized spacial score (nSPS) is 10.5. The van der Waals surface area contributed by atoms with Gasteiger partial charge in [0, 0.05) is 17.4 Å². The third-order valence-electron chi connectivity index (χ3n) is 4.45. The molecule has 0 spiro atoms. The SMILES string of the molecule is CCOC(=O)c1ccccc1Nc1nc(C)cc(Nc2c(C)cc(C)cc2C)n1. The number of ether oxygens (including phenoxy) is 1. The van der Waals surface area contributed by atoms with Gasteiger partial charge in [0.2, 0.25) is 5.95 Å². The van der Waals surface area contributed by atoms with Gasteiger partial charge in [0.15, 0.2) is 0 Å². The van der Waals surface area contributed by atoms with E-state index in [2.05, 4.69) is 53.5 Å². The average molecular weight is 390 g/mol. The highest BCUT2D eigenvalue weighted by Gasteiger charge is 2.14. The fourth-order valence-corrected chi connectivity index (χ4v) is 3.29. The van der Waals surface area contributed by atoms with Gasteiger partial charge in [-0.3, -0.25) is 0 Å². The van der Waals surface area contributed by atoms with Crippen LogP contribution in [0.4, 0.5) is 23.1 Å². The van der Waals surface area contributed by atoms with Crippen LogP contribution in [0.5, 0.6) is 0 Å². The number of carbonyl (C=O) groups is 1. The first-order valence-corrected chi connectivity index (χ1v) is 9.61. The highest BCUT2D eigenvalue weighted by atomic mass is 16.5. The van der Waals surface area contributed by atoms with Crippen molar-refractivity contribution in [3.8, 4) is 0 Å². The van der Waals surface area contributed by atoms with E-state index in [0.717, 1.165) is 22.5 Å². The molecule has 0 amide bonds. The van der Waals surface area contributed by atoms with E-state index < -0.39 is 0 Å². The Morgan fingerprint density at radius 2 is 1.66 bits per heavy atom. The van der Waals surface area contributed by atoms with E-state index in [4.69, 9.17) is 4.74 Å². The Morgan fingerprint density at radius 1 is 0.966 bits per heavy atom. The fourth-order valence-electron chi connectivity index (χ4n) is 3.29. The lowest BCUT2D eigenvalue weighted by Gasteiger charge is -2.15. The number of esters is 1.